The molecule has 1 N–H and O–H groups in total. The van der Waals surface area contributed by atoms with Crippen molar-refractivity contribution >= 4 is 16.7 Å². The van der Waals surface area contributed by atoms with Gasteiger partial charge in [0.2, 0.25) is 0 Å². The molecule has 0 radical (unpaired) electrons. The molecule has 1 fully saturated rings. The summed E-state index contributed by atoms with van der Waals surface area (Å²) in [7, 11) is 0. The summed E-state index contributed by atoms with van der Waals surface area (Å²) in [4.78, 5) is 7.86. The van der Waals surface area contributed by atoms with Crippen LogP contribution in [0.25, 0.3) is 10.9 Å². The van der Waals surface area contributed by atoms with E-state index in [4.69, 9.17) is 0 Å². The lowest BCUT2D eigenvalue weighted by atomic mass is 10.2. The number of benzene rings is 1. The van der Waals surface area contributed by atoms with Gasteiger partial charge in [-0.25, -0.2) is 18.7 Å². The van der Waals surface area contributed by atoms with Gasteiger partial charge in [0, 0.05) is 11.4 Å². The molecule has 4 rings (SSSR count). The number of halogens is 2. The van der Waals surface area contributed by atoms with Crippen molar-refractivity contribution in [1.82, 2.24) is 24.7 Å². The van der Waals surface area contributed by atoms with Gasteiger partial charge in [-0.05, 0) is 25.0 Å². The number of hydrogen-bond acceptors (Lipinski definition) is 5. The van der Waals surface area contributed by atoms with Gasteiger partial charge < -0.3 is 9.88 Å². The van der Waals surface area contributed by atoms with Crippen LogP contribution in [-0.4, -0.2) is 24.7 Å². The fourth-order valence-electron chi connectivity index (χ4n) is 2.54. The van der Waals surface area contributed by atoms with Crippen LogP contribution in [0.4, 0.5) is 14.6 Å². The fraction of sp³-hybridized carbons (Fsp3) is 0.333. The van der Waals surface area contributed by atoms with E-state index < -0.39 is 12.2 Å². The standard InChI is InChI=1S/C15H14F2N6/c16-13(17)15-20-11-4-2-1-3-10(11)14(21-15)18-7-12-22-19-8-23(12)9-5-6-9/h1-4,8-9,13H,5-7H2,(H,18,20,21). The first-order chi connectivity index (χ1) is 11.2. The number of anilines is 1. The third kappa shape index (κ3) is 2.71. The van der Waals surface area contributed by atoms with Crippen LogP contribution < -0.4 is 5.32 Å². The second-order valence-corrected chi connectivity index (χ2v) is 5.49. The summed E-state index contributed by atoms with van der Waals surface area (Å²) in [5.41, 5.74) is 0.490. The SMILES string of the molecule is FC(F)c1nc(NCc2nncn2C2CC2)c2ccccc2n1. The van der Waals surface area contributed by atoms with Crippen molar-refractivity contribution in [3.8, 4) is 0 Å². The Labute approximate surface area is 130 Å². The molecule has 0 unspecified atom stereocenters. The Bertz CT molecular complexity index is 843. The lowest BCUT2D eigenvalue weighted by Gasteiger charge is -2.11. The molecule has 6 nitrogen and oxygen atoms in total. The molecule has 1 aliphatic rings. The van der Waals surface area contributed by atoms with E-state index in [0.717, 1.165) is 18.7 Å². The molecule has 8 heteroatoms. The highest BCUT2D eigenvalue weighted by atomic mass is 19.3. The number of fused-ring (bicyclic) bond motifs is 1. The third-order valence-corrected chi connectivity index (χ3v) is 3.82. The van der Waals surface area contributed by atoms with Crippen LogP contribution in [0.15, 0.2) is 30.6 Å². The monoisotopic (exact) mass is 316 g/mol. The second kappa shape index (κ2) is 5.53. The lowest BCUT2D eigenvalue weighted by Crippen LogP contribution is -2.10. The number of rotatable bonds is 5. The minimum Gasteiger partial charge on any atom is -0.362 e. The van der Waals surface area contributed by atoms with Gasteiger partial charge in [-0.15, -0.1) is 10.2 Å². The Morgan fingerprint density at radius 3 is 2.83 bits per heavy atom. The van der Waals surface area contributed by atoms with Crippen LogP contribution in [0.5, 0.6) is 0 Å². The number of nitrogens with zero attached hydrogens (tertiary/aromatic N) is 5. The minimum atomic E-state index is -2.71. The average Bonchev–Trinajstić information content (AvgIpc) is 3.30. The Balaban J connectivity index is 1.66. The number of hydrogen-bond donors (Lipinski definition) is 1. The molecule has 0 saturated heterocycles. The predicted octanol–water partition coefficient (Wildman–Crippen LogP) is 3.11. The first-order valence-electron chi connectivity index (χ1n) is 7.39. The fourth-order valence-corrected chi connectivity index (χ4v) is 2.54. The predicted molar refractivity (Wildman–Crippen MR) is 80.1 cm³/mol. The van der Waals surface area contributed by atoms with E-state index in [1.54, 1.807) is 24.5 Å². The van der Waals surface area contributed by atoms with Crippen molar-refractivity contribution in [3.05, 3.63) is 42.2 Å². The van der Waals surface area contributed by atoms with Crippen molar-refractivity contribution in [2.45, 2.75) is 31.9 Å². The molecule has 2 aromatic heterocycles. The average molecular weight is 316 g/mol. The maximum Gasteiger partial charge on any atom is 0.297 e. The first-order valence-corrected chi connectivity index (χ1v) is 7.39. The van der Waals surface area contributed by atoms with Gasteiger partial charge in [0.05, 0.1) is 12.1 Å². The van der Waals surface area contributed by atoms with Crippen LogP contribution >= 0.6 is 0 Å². The molecular formula is C15H14F2N6. The first kappa shape index (κ1) is 14.0. The number of nitrogens with one attached hydrogen (secondary N) is 1. The Morgan fingerprint density at radius 1 is 1.22 bits per heavy atom. The largest absolute Gasteiger partial charge is 0.362 e. The van der Waals surface area contributed by atoms with Gasteiger partial charge in [-0.2, -0.15) is 0 Å². The van der Waals surface area contributed by atoms with Crippen molar-refractivity contribution in [2.24, 2.45) is 0 Å². The summed E-state index contributed by atoms with van der Waals surface area (Å²) < 4.78 is 28.0. The van der Waals surface area contributed by atoms with Crippen molar-refractivity contribution in [1.29, 1.82) is 0 Å². The van der Waals surface area contributed by atoms with E-state index in [9.17, 15) is 8.78 Å². The van der Waals surface area contributed by atoms with E-state index in [0.29, 0.717) is 29.3 Å². The topological polar surface area (TPSA) is 68.5 Å². The Hall–Kier alpha value is -2.64. The molecular weight excluding hydrogens is 302 g/mol. The quantitative estimate of drug-likeness (QED) is 0.783. The van der Waals surface area contributed by atoms with Crippen LogP contribution in [0.1, 0.15) is 37.0 Å². The molecule has 1 aliphatic carbocycles. The molecule has 0 amide bonds. The maximum atomic E-state index is 13.0. The van der Waals surface area contributed by atoms with E-state index in [-0.39, 0.29) is 0 Å². The van der Waals surface area contributed by atoms with E-state index in [2.05, 4.69) is 25.5 Å². The van der Waals surface area contributed by atoms with Gasteiger partial charge in [0.25, 0.3) is 6.43 Å². The molecule has 0 aliphatic heterocycles. The van der Waals surface area contributed by atoms with Gasteiger partial charge >= 0.3 is 0 Å². The lowest BCUT2D eigenvalue weighted by molar-refractivity contribution is 0.141. The molecule has 1 aromatic carbocycles. The molecule has 0 bridgehead atoms. The van der Waals surface area contributed by atoms with Crippen LogP contribution in [0.2, 0.25) is 0 Å². The molecule has 0 atom stereocenters. The summed E-state index contributed by atoms with van der Waals surface area (Å²) in [6, 6.07) is 7.55. The number of para-hydroxylation sites is 1. The van der Waals surface area contributed by atoms with Gasteiger partial charge in [-0.1, -0.05) is 12.1 Å². The maximum absolute atomic E-state index is 13.0. The summed E-state index contributed by atoms with van der Waals surface area (Å²) in [6.45, 7) is 0.375. The third-order valence-electron chi connectivity index (χ3n) is 3.82. The normalized spacial score (nSPS) is 14.6. The van der Waals surface area contributed by atoms with Gasteiger partial charge in [-0.3, -0.25) is 0 Å². The molecule has 3 aromatic rings. The van der Waals surface area contributed by atoms with Crippen LogP contribution in [0, 0.1) is 0 Å². The van der Waals surface area contributed by atoms with Gasteiger partial charge in [0.15, 0.2) is 11.6 Å². The minimum absolute atomic E-state index is 0.375. The Morgan fingerprint density at radius 2 is 2.04 bits per heavy atom. The van der Waals surface area contributed by atoms with E-state index in [1.165, 1.54) is 0 Å². The highest BCUT2D eigenvalue weighted by Crippen LogP contribution is 2.35. The number of alkyl halides is 2. The van der Waals surface area contributed by atoms with Gasteiger partial charge in [0.1, 0.15) is 12.1 Å². The van der Waals surface area contributed by atoms with Crippen LogP contribution in [0.3, 0.4) is 0 Å². The zero-order valence-corrected chi connectivity index (χ0v) is 12.2. The number of aromatic nitrogens is 5. The summed E-state index contributed by atoms with van der Waals surface area (Å²) in [5, 5.41) is 11.8. The molecule has 0 spiro atoms. The van der Waals surface area contributed by atoms with E-state index >= 15 is 0 Å². The smallest absolute Gasteiger partial charge is 0.297 e. The zero-order chi connectivity index (χ0) is 15.8. The zero-order valence-electron chi connectivity index (χ0n) is 12.2. The van der Waals surface area contributed by atoms with E-state index in [1.807, 2.05) is 10.6 Å². The molecule has 1 saturated carbocycles. The van der Waals surface area contributed by atoms with Crippen molar-refractivity contribution < 1.29 is 8.78 Å². The van der Waals surface area contributed by atoms with Crippen LogP contribution in [-0.2, 0) is 6.54 Å². The molecule has 23 heavy (non-hydrogen) atoms. The molecule has 118 valence electrons. The summed E-state index contributed by atoms with van der Waals surface area (Å²) >= 11 is 0. The highest BCUT2D eigenvalue weighted by Gasteiger charge is 2.26. The molecule has 2 heterocycles. The summed E-state index contributed by atoms with van der Waals surface area (Å²) in [6.07, 6.45) is 1.24. The second-order valence-electron chi connectivity index (χ2n) is 5.49. The van der Waals surface area contributed by atoms with Crippen molar-refractivity contribution in [3.63, 3.8) is 0 Å². The summed E-state index contributed by atoms with van der Waals surface area (Å²) in [5.74, 6) is 0.680. The van der Waals surface area contributed by atoms with Crippen molar-refractivity contribution in [2.75, 3.05) is 5.32 Å². The Kier molecular flexibility index (Phi) is 3.36. The highest BCUT2D eigenvalue weighted by molar-refractivity contribution is 5.88.